The molecule has 1 atom stereocenters. The Morgan fingerprint density at radius 2 is 2.25 bits per heavy atom. The van der Waals surface area contributed by atoms with Crippen LogP contribution in [-0.2, 0) is 4.74 Å². The first-order chi connectivity index (χ1) is 3.31. The molecule has 52 valence electrons. The van der Waals surface area contributed by atoms with E-state index in [1.807, 2.05) is 0 Å². The third-order valence-corrected chi connectivity index (χ3v) is 0.603. The van der Waals surface area contributed by atoms with Gasteiger partial charge in [0.1, 0.15) is 6.17 Å². The Bertz CT molecular complexity index is 47.0. The Kier molecular flexibility index (Phi) is 9.82. The highest BCUT2D eigenvalue weighted by atomic mass is 35.5. The van der Waals surface area contributed by atoms with Crippen molar-refractivity contribution in [2.45, 2.75) is 6.17 Å². The second-order valence-corrected chi connectivity index (χ2v) is 1.29. The molecular formula is C4H11ClFNO. The van der Waals surface area contributed by atoms with Crippen molar-refractivity contribution < 1.29 is 9.13 Å². The molecule has 0 saturated carbocycles. The molecule has 8 heavy (non-hydrogen) atoms. The third kappa shape index (κ3) is 6.14. The molecule has 2 N–H and O–H groups in total. The molecule has 0 aromatic rings. The predicted molar refractivity (Wildman–Crippen MR) is 33.1 cm³/mol. The summed E-state index contributed by atoms with van der Waals surface area (Å²) < 4.78 is 16.3. The molecule has 0 rings (SSSR count). The van der Waals surface area contributed by atoms with Gasteiger partial charge in [0.2, 0.25) is 0 Å². The highest BCUT2D eigenvalue weighted by molar-refractivity contribution is 5.85. The van der Waals surface area contributed by atoms with E-state index < -0.39 is 6.17 Å². The van der Waals surface area contributed by atoms with Crippen molar-refractivity contribution in [1.82, 2.24) is 0 Å². The van der Waals surface area contributed by atoms with Crippen LogP contribution in [0.4, 0.5) is 4.39 Å². The van der Waals surface area contributed by atoms with Crippen molar-refractivity contribution >= 4 is 12.4 Å². The van der Waals surface area contributed by atoms with Gasteiger partial charge in [0.05, 0.1) is 6.61 Å². The van der Waals surface area contributed by atoms with Crippen LogP contribution in [-0.4, -0.2) is 26.4 Å². The quantitative estimate of drug-likeness (QED) is 0.619. The Balaban J connectivity index is 0. The molecule has 0 aliphatic carbocycles. The van der Waals surface area contributed by atoms with E-state index >= 15 is 0 Å². The molecule has 2 nitrogen and oxygen atoms in total. The molecule has 0 spiro atoms. The highest BCUT2D eigenvalue weighted by Gasteiger charge is 1.98. The molecule has 0 heterocycles. The van der Waals surface area contributed by atoms with Crippen LogP contribution < -0.4 is 5.73 Å². The first-order valence-corrected chi connectivity index (χ1v) is 2.14. The van der Waals surface area contributed by atoms with E-state index in [1.165, 1.54) is 7.11 Å². The van der Waals surface area contributed by atoms with Crippen LogP contribution in [0.5, 0.6) is 0 Å². The molecule has 0 radical (unpaired) electrons. The van der Waals surface area contributed by atoms with Gasteiger partial charge in [0.15, 0.2) is 0 Å². The van der Waals surface area contributed by atoms with Gasteiger partial charge < -0.3 is 10.5 Å². The Labute approximate surface area is 54.6 Å². The molecule has 0 aliphatic rings. The van der Waals surface area contributed by atoms with E-state index in [1.54, 1.807) is 0 Å². The number of methoxy groups -OCH3 is 1. The van der Waals surface area contributed by atoms with Crippen LogP contribution in [0.25, 0.3) is 0 Å². The van der Waals surface area contributed by atoms with E-state index in [9.17, 15) is 4.39 Å². The lowest BCUT2D eigenvalue weighted by molar-refractivity contribution is 0.128. The smallest absolute Gasteiger partial charge is 0.135 e. The maximum absolute atomic E-state index is 11.9. The van der Waals surface area contributed by atoms with Gasteiger partial charge in [-0.25, -0.2) is 4.39 Å². The second kappa shape index (κ2) is 7.14. The predicted octanol–water partition coefficient (Wildman–Crippen LogP) is 0.351. The molecule has 4 heteroatoms. The molecule has 0 aliphatic heterocycles. The fraction of sp³-hybridized carbons (Fsp3) is 1.00. The Hall–Kier alpha value is 0.140. The van der Waals surface area contributed by atoms with Gasteiger partial charge in [-0.2, -0.15) is 0 Å². The SMILES string of the molecule is COC[C@@H](F)CN.Cl. The van der Waals surface area contributed by atoms with Crippen LogP contribution in [0.3, 0.4) is 0 Å². The van der Waals surface area contributed by atoms with Crippen molar-refractivity contribution in [1.29, 1.82) is 0 Å². The lowest BCUT2D eigenvalue weighted by atomic mass is 10.4. The molecule has 0 aromatic carbocycles. The van der Waals surface area contributed by atoms with Gasteiger partial charge in [-0.3, -0.25) is 0 Å². The van der Waals surface area contributed by atoms with E-state index in [0.717, 1.165) is 0 Å². The standard InChI is InChI=1S/C4H10FNO.ClH/c1-7-3-4(5)2-6;/h4H,2-3,6H2,1H3;1H/t4-;/m0./s1. The number of nitrogens with two attached hydrogens (primary N) is 1. The van der Waals surface area contributed by atoms with E-state index in [0.29, 0.717) is 0 Å². The van der Waals surface area contributed by atoms with Crippen LogP contribution in [0.1, 0.15) is 0 Å². The van der Waals surface area contributed by atoms with Crippen molar-refractivity contribution in [3.05, 3.63) is 0 Å². The van der Waals surface area contributed by atoms with Crippen LogP contribution in [0.15, 0.2) is 0 Å². The van der Waals surface area contributed by atoms with Crippen LogP contribution in [0, 0.1) is 0 Å². The summed E-state index contributed by atoms with van der Waals surface area (Å²) in [4.78, 5) is 0. The normalized spacial score (nSPS) is 12.4. The van der Waals surface area contributed by atoms with Gasteiger partial charge in [-0.05, 0) is 0 Å². The average molecular weight is 144 g/mol. The van der Waals surface area contributed by atoms with Crippen molar-refractivity contribution in [2.75, 3.05) is 20.3 Å². The highest BCUT2D eigenvalue weighted by Crippen LogP contribution is 1.84. The summed E-state index contributed by atoms with van der Waals surface area (Å²) in [6.45, 7) is 0.157. The summed E-state index contributed by atoms with van der Waals surface area (Å²) in [6, 6.07) is 0. The fourth-order valence-corrected chi connectivity index (χ4v) is 0.249. The first-order valence-electron chi connectivity index (χ1n) is 2.14. The molecule has 0 bridgehead atoms. The zero-order chi connectivity index (χ0) is 5.70. The average Bonchev–Trinajstić information content (AvgIpc) is 1.68. The fourth-order valence-electron chi connectivity index (χ4n) is 0.249. The monoisotopic (exact) mass is 143 g/mol. The van der Waals surface area contributed by atoms with Crippen LogP contribution >= 0.6 is 12.4 Å². The second-order valence-electron chi connectivity index (χ2n) is 1.29. The maximum Gasteiger partial charge on any atom is 0.135 e. The topological polar surface area (TPSA) is 35.2 Å². The lowest BCUT2D eigenvalue weighted by Gasteiger charge is -1.99. The van der Waals surface area contributed by atoms with Gasteiger partial charge in [0.25, 0.3) is 0 Å². The van der Waals surface area contributed by atoms with Gasteiger partial charge in [-0.1, -0.05) is 0 Å². The summed E-state index contributed by atoms with van der Waals surface area (Å²) >= 11 is 0. The molecule has 0 fully saturated rings. The van der Waals surface area contributed by atoms with Gasteiger partial charge in [0, 0.05) is 13.7 Å². The first kappa shape index (κ1) is 11.0. The number of halogens is 2. The number of alkyl halides is 1. The summed E-state index contributed by atoms with van der Waals surface area (Å²) in [5.41, 5.74) is 4.90. The minimum absolute atomic E-state index is 0. The van der Waals surface area contributed by atoms with Crippen molar-refractivity contribution in [3.63, 3.8) is 0 Å². The molecule has 0 amide bonds. The van der Waals surface area contributed by atoms with Gasteiger partial charge >= 0.3 is 0 Å². The largest absolute Gasteiger partial charge is 0.382 e. The molecule has 0 unspecified atom stereocenters. The van der Waals surface area contributed by atoms with Crippen molar-refractivity contribution in [2.24, 2.45) is 5.73 Å². The van der Waals surface area contributed by atoms with E-state index in [-0.39, 0.29) is 25.6 Å². The van der Waals surface area contributed by atoms with Gasteiger partial charge in [-0.15, -0.1) is 12.4 Å². The summed E-state index contributed by atoms with van der Waals surface area (Å²) in [6.07, 6.45) is -0.995. The zero-order valence-electron chi connectivity index (χ0n) is 4.76. The Morgan fingerprint density at radius 3 is 2.38 bits per heavy atom. The van der Waals surface area contributed by atoms with E-state index in [2.05, 4.69) is 4.74 Å². The lowest BCUT2D eigenvalue weighted by Crippen LogP contribution is -2.19. The number of hydrogen-bond donors (Lipinski definition) is 1. The summed E-state index contributed by atoms with van der Waals surface area (Å²) in [5, 5.41) is 0. The zero-order valence-corrected chi connectivity index (χ0v) is 5.58. The van der Waals surface area contributed by atoms with Crippen molar-refractivity contribution in [3.8, 4) is 0 Å². The minimum atomic E-state index is -0.995. The third-order valence-electron chi connectivity index (χ3n) is 0.603. The molecule has 0 saturated heterocycles. The summed E-state index contributed by atoms with van der Waals surface area (Å²) in [5.74, 6) is 0. The number of rotatable bonds is 3. The minimum Gasteiger partial charge on any atom is -0.382 e. The van der Waals surface area contributed by atoms with E-state index in [4.69, 9.17) is 5.73 Å². The summed E-state index contributed by atoms with van der Waals surface area (Å²) in [7, 11) is 1.45. The van der Waals surface area contributed by atoms with Crippen LogP contribution in [0.2, 0.25) is 0 Å². The maximum atomic E-state index is 11.9. The number of ether oxygens (including phenoxy) is 1. The molecule has 0 aromatic heterocycles. The number of hydrogen-bond acceptors (Lipinski definition) is 2. The molecular weight excluding hydrogens is 133 g/mol. The Morgan fingerprint density at radius 1 is 1.75 bits per heavy atom.